The fraction of sp³-hybridized carbons (Fsp3) is 0.353. The second-order valence-corrected chi connectivity index (χ2v) is 6.81. The Morgan fingerprint density at radius 3 is 2.43 bits per heavy atom. The summed E-state index contributed by atoms with van der Waals surface area (Å²) in [6.07, 6.45) is 1.69. The molecule has 0 radical (unpaired) electrons. The highest BCUT2D eigenvalue weighted by atomic mass is 35.5. The van der Waals surface area contributed by atoms with Crippen molar-refractivity contribution in [1.82, 2.24) is 15.3 Å². The van der Waals surface area contributed by atoms with Gasteiger partial charge in [-0.25, -0.2) is 9.97 Å². The van der Waals surface area contributed by atoms with Crippen molar-refractivity contribution in [3.8, 4) is 11.1 Å². The molecule has 2 aromatic rings. The molecule has 0 saturated carbocycles. The van der Waals surface area contributed by atoms with Crippen LogP contribution in [0.3, 0.4) is 0 Å². The Balaban J connectivity index is 2.33. The normalized spacial score (nSPS) is 11.2. The van der Waals surface area contributed by atoms with Crippen molar-refractivity contribution in [1.29, 1.82) is 0 Å². The first-order valence-corrected chi connectivity index (χ1v) is 7.77. The molecule has 1 aromatic carbocycles. The van der Waals surface area contributed by atoms with Crippen molar-refractivity contribution in [2.24, 2.45) is 5.41 Å². The van der Waals surface area contributed by atoms with Crippen LogP contribution in [-0.4, -0.2) is 29.5 Å². The molecule has 5 nitrogen and oxygen atoms in total. The fourth-order valence-corrected chi connectivity index (χ4v) is 2.13. The molecule has 0 saturated heterocycles. The second kappa shape index (κ2) is 6.96. The minimum atomic E-state index is -0.116. The first-order valence-electron chi connectivity index (χ1n) is 7.39. The summed E-state index contributed by atoms with van der Waals surface area (Å²) in [4.78, 5) is 20.0. The summed E-state index contributed by atoms with van der Waals surface area (Å²) in [5.74, 6) is 0.572. The Bertz CT molecular complexity index is 693. The van der Waals surface area contributed by atoms with Gasteiger partial charge < -0.3 is 10.6 Å². The van der Waals surface area contributed by atoms with E-state index in [1.54, 1.807) is 25.4 Å². The van der Waals surface area contributed by atoms with E-state index in [9.17, 15) is 4.79 Å². The Hall–Kier alpha value is -2.14. The van der Waals surface area contributed by atoms with Crippen molar-refractivity contribution in [2.45, 2.75) is 20.8 Å². The molecule has 6 heteroatoms. The first kappa shape index (κ1) is 17.2. The molecular weight excluding hydrogens is 312 g/mol. The Morgan fingerprint density at radius 1 is 1.22 bits per heavy atom. The van der Waals surface area contributed by atoms with Crippen LogP contribution in [0.25, 0.3) is 11.1 Å². The molecule has 0 fully saturated rings. The number of hydrogen-bond donors (Lipinski definition) is 2. The van der Waals surface area contributed by atoms with Crippen LogP contribution in [0.2, 0.25) is 5.28 Å². The molecule has 1 heterocycles. The number of nitrogens with zero attached hydrogens (tertiary/aromatic N) is 2. The van der Waals surface area contributed by atoms with Crippen LogP contribution in [0.4, 0.5) is 5.82 Å². The number of nitrogens with one attached hydrogen (secondary N) is 2. The van der Waals surface area contributed by atoms with Crippen LogP contribution < -0.4 is 10.6 Å². The highest BCUT2D eigenvalue weighted by molar-refractivity contribution is 6.28. The van der Waals surface area contributed by atoms with Crippen molar-refractivity contribution in [3.05, 3.63) is 41.3 Å². The number of amides is 1. The molecular formula is C17H21ClN4O. The SMILES string of the molecule is CNC(=O)c1ccc(-c2cnc(Cl)nc2NCC(C)(C)C)cc1. The van der Waals surface area contributed by atoms with Crippen LogP contribution >= 0.6 is 11.6 Å². The minimum Gasteiger partial charge on any atom is -0.369 e. The molecule has 0 atom stereocenters. The van der Waals surface area contributed by atoms with E-state index in [0.29, 0.717) is 11.4 Å². The third kappa shape index (κ3) is 4.66. The molecule has 2 rings (SSSR count). The van der Waals surface area contributed by atoms with Gasteiger partial charge in [0.15, 0.2) is 0 Å². The van der Waals surface area contributed by atoms with Crippen LogP contribution in [0, 0.1) is 5.41 Å². The maximum Gasteiger partial charge on any atom is 0.251 e. The zero-order valence-electron chi connectivity index (χ0n) is 13.8. The lowest BCUT2D eigenvalue weighted by molar-refractivity contribution is 0.0963. The van der Waals surface area contributed by atoms with E-state index in [1.807, 2.05) is 12.1 Å². The number of benzene rings is 1. The van der Waals surface area contributed by atoms with Gasteiger partial charge in [-0.2, -0.15) is 0 Å². The smallest absolute Gasteiger partial charge is 0.251 e. The van der Waals surface area contributed by atoms with Crippen molar-refractivity contribution in [2.75, 3.05) is 18.9 Å². The van der Waals surface area contributed by atoms with Gasteiger partial charge in [0, 0.05) is 30.9 Å². The summed E-state index contributed by atoms with van der Waals surface area (Å²) in [5, 5.41) is 6.13. The summed E-state index contributed by atoms with van der Waals surface area (Å²) in [6.45, 7) is 7.17. The fourth-order valence-electron chi connectivity index (χ4n) is 2.00. The lowest BCUT2D eigenvalue weighted by atomic mass is 9.97. The third-order valence-corrected chi connectivity index (χ3v) is 3.41. The lowest BCUT2D eigenvalue weighted by Crippen LogP contribution is -2.20. The van der Waals surface area contributed by atoms with E-state index in [0.717, 1.165) is 17.7 Å². The molecule has 0 aliphatic heterocycles. The van der Waals surface area contributed by atoms with Crippen LogP contribution in [0.1, 0.15) is 31.1 Å². The first-order chi connectivity index (χ1) is 10.8. The maximum atomic E-state index is 11.6. The molecule has 0 unspecified atom stereocenters. The molecule has 1 amide bonds. The summed E-state index contributed by atoms with van der Waals surface area (Å²) in [6, 6.07) is 7.30. The van der Waals surface area contributed by atoms with E-state index in [-0.39, 0.29) is 16.6 Å². The molecule has 0 aliphatic rings. The number of rotatable bonds is 4. The number of hydrogen-bond acceptors (Lipinski definition) is 4. The van der Waals surface area contributed by atoms with Gasteiger partial charge in [-0.3, -0.25) is 4.79 Å². The van der Waals surface area contributed by atoms with Crippen molar-refractivity contribution >= 4 is 23.3 Å². The van der Waals surface area contributed by atoms with E-state index in [4.69, 9.17) is 11.6 Å². The summed E-state index contributed by atoms with van der Waals surface area (Å²) >= 11 is 5.92. The quantitative estimate of drug-likeness (QED) is 0.839. The molecule has 1 aromatic heterocycles. The van der Waals surface area contributed by atoms with Crippen molar-refractivity contribution < 1.29 is 4.79 Å². The van der Waals surface area contributed by atoms with Gasteiger partial charge in [-0.15, -0.1) is 0 Å². The highest BCUT2D eigenvalue weighted by Gasteiger charge is 2.14. The number of anilines is 1. The van der Waals surface area contributed by atoms with Gasteiger partial charge in [0.25, 0.3) is 5.91 Å². The predicted molar refractivity (Wildman–Crippen MR) is 93.8 cm³/mol. The zero-order valence-corrected chi connectivity index (χ0v) is 14.5. The minimum absolute atomic E-state index is 0.109. The van der Waals surface area contributed by atoms with Crippen LogP contribution in [-0.2, 0) is 0 Å². The Labute approximate surface area is 141 Å². The van der Waals surface area contributed by atoms with E-state index in [1.165, 1.54) is 0 Å². The number of carbonyl (C=O) groups excluding carboxylic acids is 1. The number of halogens is 1. The summed E-state index contributed by atoms with van der Waals surface area (Å²) in [5.41, 5.74) is 2.49. The molecule has 0 aliphatic carbocycles. The monoisotopic (exact) mass is 332 g/mol. The van der Waals surface area contributed by atoms with Gasteiger partial charge in [0.1, 0.15) is 5.82 Å². The topological polar surface area (TPSA) is 66.9 Å². The average Bonchev–Trinajstić information content (AvgIpc) is 2.52. The summed E-state index contributed by atoms with van der Waals surface area (Å²) < 4.78 is 0. The number of aromatic nitrogens is 2. The van der Waals surface area contributed by atoms with Crippen LogP contribution in [0.5, 0.6) is 0 Å². The standard InChI is InChI=1S/C17H21ClN4O/c1-17(2,3)10-21-14-13(9-20-16(18)22-14)11-5-7-12(8-6-11)15(23)19-4/h5-9H,10H2,1-4H3,(H,19,23)(H,20,21,22). The van der Waals surface area contributed by atoms with Gasteiger partial charge in [-0.1, -0.05) is 32.9 Å². The Morgan fingerprint density at radius 2 is 1.87 bits per heavy atom. The van der Waals surface area contributed by atoms with Gasteiger partial charge >= 0.3 is 0 Å². The Kier molecular flexibility index (Phi) is 5.21. The third-order valence-electron chi connectivity index (χ3n) is 3.23. The zero-order chi connectivity index (χ0) is 17.0. The van der Waals surface area contributed by atoms with E-state index in [2.05, 4.69) is 41.4 Å². The van der Waals surface area contributed by atoms with Gasteiger partial charge in [0.2, 0.25) is 5.28 Å². The largest absolute Gasteiger partial charge is 0.369 e. The number of carbonyl (C=O) groups is 1. The highest BCUT2D eigenvalue weighted by Crippen LogP contribution is 2.28. The molecule has 0 spiro atoms. The van der Waals surface area contributed by atoms with E-state index >= 15 is 0 Å². The lowest BCUT2D eigenvalue weighted by Gasteiger charge is -2.20. The van der Waals surface area contributed by atoms with Crippen LogP contribution in [0.15, 0.2) is 30.5 Å². The molecule has 0 bridgehead atoms. The van der Waals surface area contributed by atoms with E-state index < -0.39 is 0 Å². The average molecular weight is 333 g/mol. The summed E-state index contributed by atoms with van der Waals surface area (Å²) in [7, 11) is 1.61. The predicted octanol–water partition coefficient (Wildman–Crippen LogP) is 3.61. The van der Waals surface area contributed by atoms with Crippen molar-refractivity contribution in [3.63, 3.8) is 0 Å². The maximum absolute atomic E-state index is 11.6. The molecule has 2 N–H and O–H groups in total. The van der Waals surface area contributed by atoms with Gasteiger partial charge in [0.05, 0.1) is 0 Å². The molecule has 122 valence electrons. The second-order valence-electron chi connectivity index (χ2n) is 6.47. The molecule has 23 heavy (non-hydrogen) atoms. The van der Waals surface area contributed by atoms with Gasteiger partial charge in [-0.05, 0) is 34.7 Å².